The average molecular weight is 258 g/mol. The molecule has 0 saturated carbocycles. The van der Waals surface area contributed by atoms with Crippen molar-refractivity contribution in [3.63, 3.8) is 0 Å². The maximum atomic E-state index is 10.8. The van der Waals surface area contributed by atoms with Gasteiger partial charge in [0.05, 0.1) is 11.5 Å². The van der Waals surface area contributed by atoms with Crippen molar-refractivity contribution in [2.45, 2.75) is 26.2 Å². The van der Waals surface area contributed by atoms with Crippen LogP contribution < -0.4 is 4.74 Å². The molecule has 0 heterocycles. The van der Waals surface area contributed by atoms with Crippen LogP contribution in [0.15, 0.2) is 18.2 Å². The lowest BCUT2D eigenvalue weighted by Crippen LogP contribution is -2.02. The monoisotopic (exact) mass is 257 g/mol. The van der Waals surface area contributed by atoms with Crippen LogP contribution in [0, 0.1) is 17.0 Å². The summed E-state index contributed by atoms with van der Waals surface area (Å²) in [5.74, 6) is 1.02. The van der Waals surface area contributed by atoms with Crippen molar-refractivity contribution in [2.75, 3.05) is 12.5 Å². The number of para-hydroxylation sites is 1. The van der Waals surface area contributed by atoms with Gasteiger partial charge in [-0.1, -0.05) is 12.1 Å². The summed E-state index contributed by atoms with van der Waals surface area (Å²) < 4.78 is 5.49. The van der Waals surface area contributed by atoms with Crippen LogP contribution in [0.1, 0.15) is 24.8 Å². The molecule has 1 aromatic rings. The Morgan fingerprint density at radius 3 is 2.76 bits per heavy atom. The minimum Gasteiger partial charge on any atom is -0.487 e. The van der Waals surface area contributed by atoms with Gasteiger partial charge >= 0.3 is 5.69 Å². The Kier molecular flexibility index (Phi) is 5.77. The first kappa shape index (κ1) is 13.8. The van der Waals surface area contributed by atoms with Crippen LogP contribution in [0.25, 0.3) is 0 Å². The fourth-order valence-electron chi connectivity index (χ4n) is 1.52. The zero-order valence-corrected chi connectivity index (χ0v) is 10.6. The highest BCUT2D eigenvalue weighted by Crippen LogP contribution is 2.30. The molecule has 0 fully saturated rings. The minimum absolute atomic E-state index is 0.0299. The molecular formula is C12H16ClNO3. The third-order valence-electron chi connectivity index (χ3n) is 2.41. The standard InChI is InChI=1S/C12H16ClNO3/c1-10-6-5-7-11(14(15)16)12(10)17-9-4-2-3-8-13/h5-7H,2-4,8-9H2,1H3. The summed E-state index contributed by atoms with van der Waals surface area (Å²) in [4.78, 5) is 10.4. The molecular weight excluding hydrogens is 242 g/mol. The molecule has 0 unspecified atom stereocenters. The van der Waals surface area contributed by atoms with E-state index in [0.29, 0.717) is 18.2 Å². The SMILES string of the molecule is Cc1cccc([N+](=O)[O-])c1OCCCCCCl. The molecule has 0 spiro atoms. The summed E-state index contributed by atoms with van der Waals surface area (Å²) in [5.41, 5.74) is 0.818. The number of unbranched alkanes of at least 4 members (excludes halogenated alkanes) is 2. The number of aryl methyl sites for hydroxylation is 1. The number of nitrogens with zero attached hydrogens (tertiary/aromatic N) is 1. The van der Waals surface area contributed by atoms with E-state index in [0.717, 1.165) is 24.8 Å². The smallest absolute Gasteiger partial charge is 0.311 e. The molecule has 5 heteroatoms. The fourth-order valence-corrected chi connectivity index (χ4v) is 1.71. The van der Waals surface area contributed by atoms with Crippen molar-refractivity contribution >= 4 is 17.3 Å². The highest BCUT2D eigenvalue weighted by Gasteiger charge is 2.16. The number of nitro benzene ring substituents is 1. The van der Waals surface area contributed by atoms with Crippen molar-refractivity contribution in [2.24, 2.45) is 0 Å². The van der Waals surface area contributed by atoms with E-state index in [1.807, 2.05) is 0 Å². The summed E-state index contributed by atoms with van der Waals surface area (Å²) >= 11 is 5.56. The van der Waals surface area contributed by atoms with Crippen molar-refractivity contribution in [1.29, 1.82) is 0 Å². The van der Waals surface area contributed by atoms with E-state index in [1.54, 1.807) is 19.1 Å². The van der Waals surface area contributed by atoms with Gasteiger partial charge in [0.15, 0.2) is 5.75 Å². The third kappa shape index (κ3) is 4.23. The zero-order valence-electron chi connectivity index (χ0n) is 9.82. The van der Waals surface area contributed by atoms with Crippen LogP contribution in [0.2, 0.25) is 0 Å². The Labute approximate surface area is 106 Å². The van der Waals surface area contributed by atoms with E-state index < -0.39 is 4.92 Å². The fraction of sp³-hybridized carbons (Fsp3) is 0.500. The van der Waals surface area contributed by atoms with Crippen LogP contribution in [0.4, 0.5) is 5.69 Å². The van der Waals surface area contributed by atoms with Gasteiger partial charge in [0.25, 0.3) is 0 Å². The second-order valence-electron chi connectivity index (χ2n) is 3.78. The number of hydrogen-bond acceptors (Lipinski definition) is 3. The van der Waals surface area contributed by atoms with Crippen LogP contribution in [-0.4, -0.2) is 17.4 Å². The Balaban J connectivity index is 2.60. The van der Waals surface area contributed by atoms with Gasteiger partial charge in [0.2, 0.25) is 0 Å². The number of rotatable bonds is 7. The first-order valence-corrected chi connectivity index (χ1v) is 6.13. The first-order chi connectivity index (χ1) is 8.16. The molecule has 0 aliphatic rings. The van der Waals surface area contributed by atoms with Crippen LogP contribution >= 0.6 is 11.6 Å². The number of ether oxygens (including phenoxy) is 1. The Bertz CT molecular complexity index is 382. The van der Waals surface area contributed by atoms with E-state index in [9.17, 15) is 10.1 Å². The molecule has 4 nitrogen and oxygen atoms in total. The van der Waals surface area contributed by atoms with Gasteiger partial charge < -0.3 is 4.74 Å². The molecule has 0 aliphatic carbocycles. The molecule has 0 saturated heterocycles. The van der Waals surface area contributed by atoms with Crippen LogP contribution in [-0.2, 0) is 0 Å². The zero-order chi connectivity index (χ0) is 12.7. The van der Waals surface area contributed by atoms with Gasteiger partial charge in [0, 0.05) is 11.9 Å². The number of benzene rings is 1. The Hall–Kier alpha value is -1.29. The normalized spacial score (nSPS) is 10.2. The molecule has 0 bridgehead atoms. The molecule has 0 radical (unpaired) electrons. The van der Waals surface area contributed by atoms with E-state index in [4.69, 9.17) is 16.3 Å². The van der Waals surface area contributed by atoms with Crippen molar-refractivity contribution in [3.05, 3.63) is 33.9 Å². The van der Waals surface area contributed by atoms with Crippen molar-refractivity contribution in [3.8, 4) is 5.75 Å². The summed E-state index contributed by atoms with van der Waals surface area (Å²) in [5, 5.41) is 10.8. The molecule has 0 N–H and O–H groups in total. The van der Waals surface area contributed by atoms with E-state index in [-0.39, 0.29) is 5.69 Å². The van der Waals surface area contributed by atoms with Gasteiger partial charge in [-0.25, -0.2) is 0 Å². The van der Waals surface area contributed by atoms with Gasteiger partial charge in [-0.15, -0.1) is 11.6 Å². The number of halogens is 1. The number of hydrogen-bond donors (Lipinski definition) is 0. The lowest BCUT2D eigenvalue weighted by Gasteiger charge is -2.08. The van der Waals surface area contributed by atoms with E-state index >= 15 is 0 Å². The lowest BCUT2D eigenvalue weighted by molar-refractivity contribution is -0.385. The summed E-state index contributed by atoms with van der Waals surface area (Å²) in [6.07, 6.45) is 2.78. The average Bonchev–Trinajstić information content (AvgIpc) is 2.30. The second-order valence-corrected chi connectivity index (χ2v) is 4.16. The maximum absolute atomic E-state index is 10.8. The largest absolute Gasteiger partial charge is 0.487 e. The lowest BCUT2D eigenvalue weighted by atomic mass is 10.2. The predicted octanol–water partition coefficient (Wildman–Crippen LogP) is 3.69. The number of alkyl halides is 1. The van der Waals surface area contributed by atoms with Gasteiger partial charge in [0.1, 0.15) is 0 Å². The molecule has 1 rings (SSSR count). The third-order valence-corrected chi connectivity index (χ3v) is 2.68. The van der Waals surface area contributed by atoms with Gasteiger partial charge in [-0.2, -0.15) is 0 Å². The van der Waals surface area contributed by atoms with Gasteiger partial charge in [-0.3, -0.25) is 10.1 Å². The molecule has 0 aliphatic heterocycles. The Morgan fingerprint density at radius 1 is 1.35 bits per heavy atom. The molecule has 17 heavy (non-hydrogen) atoms. The van der Waals surface area contributed by atoms with Crippen molar-refractivity contribution < 1.29 is 9.66 Å². The van der Waals surface area contributed by atoms with E-state index in [1.165, 1.54) is 6.07 Å². The summed E-state index contributed by atoms with van der Waals surface area (Å²) in [6.45, 7) is 2.30. The highest BCUT2D eigenvalue weighted by atomic mass is 35.5. The highest BCUT2D eigenvalue weighted by molar-refractivity contribution is 6.17. The van der Waals surface area contributed by atoms with Gasteiger partial charge in [-0.05, 0) is 31.7 Å². The quantitative estimate of drug-likeness (QED) is 0.324. The molecule has 0 amide bonds. The minimum atomic E-state index is -0.416. The summed E-state index contributed by atoms with van der Waals surface area (Å²) in [6, 6.07) is 4.93. The van der Waals surface area contributed by atoms with Crippen molar-refractivity contribution in [1.82, 2.24) is 0 Å². The van der Waals surface area contributed by atoms with Crippen LogP contribution in [0.5, 0.6) is 5.75 Å². The predicted molar refractivity (Wildman–Crippen MR) is 67.9 cm³/mol. The van der Waals surface area contributed by atoms with E-state index in [2.05, 4.69) is 0 Å². The molecule has 0 aromatic heterocycles. The Morgan fingerprint density at radius 2 is 2.12 bits per heavy atom. The summed E-state index contributed by atoms with van der Waals surface area (Å²) in [7, 11) is 0. The second kappa shape index (κ2) is 7.12. The molecule has 1 aromatic carbocycles. The molecule has 94 valence electrons. The molecule has 0 atom stereocenters. The maximum Gasteiger partial charge on any atom is 0.311 e. The van der Waals surface area contributed by atoms with Crippen LogP contribution in [0.3, 0.4) is 0 Å². The first-order valence-electron chi connectivity index (χ1n) is 5.59. The number of nitro groups is 1. The topological polar surface area (TPSA) is 52.4 Å².